The molecule has 30 heavy (non-hydrogen) atoms. The van der Waals surface area contributed by atoms with Crippen LogP contribution in [0.2, 0.25) is 0 Å². The Labute approximate surface area is 178 Å². The molecule has 1 aliphatic rings. The van der Waals surface area contributed by atoms with Crippen LogP contribution in [-0.4, -0.2) is 52.6 Å². The van der Waals surface area contributed by atoms with Gasteiger partial charge in [-0.2, -0.15) is 0 Å². The molecule has 1 aliphatic heterocycles. The Hall–Kier alpha value is -2.58. The molecule has 0 spiro atoms. The molecule has 7 nitrogen and oxygen atoms in total. The second kappa shape index (κ2) is 10.4. The highest BCUT2D eigenvalue weighted by atomic mass is 32.2. The summed E-state index contributed by atoms with van der Waals surface area (Å²) < 4.78 is 38.4. The third-order valence-electron chi connectivity index (χ3n) is 5.13. The maximum absolute atomic E-state index is 12.5. The number of carbonyl (C=O) groups is 1. The smallest absolute Gasteiger partial charge is 0.240 e. The molecule has 3 rings (SSSR count). The zero-order valence-corrected chi connectivity index (χ0v) is 17.9. The van der Waals surface area contributed by atoms with Gasteiger partial charge in [-0.25, -0.2) is 13.1 Å². The van der Waals surface area contributed by atoms with Crippen molar-refractivity contribution in [3.63, 3.8) is 0 Å². The molecule has 1 atom stereocenters. The number of nitrogens with one attached hydrogen (secondary N) is 1. The van der Waals surface area contributed by atoms with Crippen LogP contribution in [-0.2, 0) is 14.8 Å². The number of benzene rings is 2. The Morgan fingerprint density at radius 3 is 2.53 bits per heavy atom. The van der Waals surface area contributed by atoms with Gasteiger partial charge in [-0.1, -0.05) is 18.2 Å². The van der Waals surface area contributed by atoms with Gasteiger partial charge in [0.05, 0.1) is 25.0 Å². The maximum atomic E-state index is 12.5. The number of amides is 1. The second-order valence-corrected chi connectivity index (χ2v) is 9.05. The number of nitrogens with zero attached hydrogens (tertiary/aromatic N) is 1. The van der Waals surface area contributed by atoms with Crippen LogP contribution < -0.4 is 14.2 Å². The molecular weight excluding hydrogens is 404 g/mol. The van der Waals surface area contributed by atoms with Crippen molar-refractivity contribution in [1.82, 2.24) is 9.62 Å². The Kier molecular flexibility index (Phi) is 7.70. The summed E-state index contributed by atoms with van der Waals surface area (Å²) in [5, 5.41) is 0. The molecule has 0 bridgehead atoms. The van der Waals surface area contributed by atoms with Crippen molar-refractivity contribution in [3.8, 4) is 11.5 Å². The maximum Gasteiger partial charge on any atom is 0.240 e. The van der Waals surface area contributed by atoms with E-state index in [2.05, 4.69) is 4.72 Å². The molecule has 0 radical (unpaired) electrons. The van der Waals surface area contributed by atoms with Gasteiger partial charge in [-0.15, -0.1) is 0 Å². The molecule has 0 aliphatic carbocycles. The topological polar surface area (TPSA) is 84.9 Å². The quantitative estimate of drug-likeness (QED) is 0.659. The minimum Gasteiger partial charge on any atom is -0.497 e. The first-order valence-corrected chi connectivity index (χ1v) is 11.6. The molecule has 1 N–H and O–H groups in total. The molecule has 0 aromatic heterocycles. The Morgan fingerprint density at radius 2 is 1.83 bits per heavy atom. The number of hydrogen-bond acceptors (Lipinski definition) is 5. The van der Waals surface area contributed by atoms with E-state index < -0.39 is 10.0 Å². The van der Waals surface area contributed by atoms with E-state index in [1.54, 1.807) is 12.1 Å². The van der Waals surface area contributed by atoms with Crippen molar-refractivity contribution in [2.75, 3.05) is 33.4 Å². The summed E-state index contributed by atoms with van der Waals surface area (Å²) in [6.45, 7) is 1.88. The molecule has 1 fully saturated rings. The van der Waals surface area contributed by atoms with Gasteiger partial charge in [0.15, 0.2) is 0 Å². The van der Waals surface area contributed by atoms with Crippen LogP contribution in [0.5, 0.6) is 11.5 Å². The fourth-order valence-corrected chi connectivity index (χ4v) is 4.57. The molecule has 1 saturated heterocycles. The summed E-state index contributed by atoms with van der Waals surface area (Å²) >= 11 is 0. The predicted octanol–water partition coefficient (Wildman–Crippen LogP) is 2.68. The van der Waals surface area contributed by atoms with E-state index in [0.717, 1.165) is 18.6 Å². The Bertz CT molecular complexity index is 916. The largest absolute Gasteiger partial charge is 0.497 e. The van der Waals surface area contributed by atoms with Crippen LogP contribution in [0.15, 0.2) is 59.5 Å². The van der Waals surface area contributed by atoms with Crippen LogP contribution in [0.4, 0.5) is 0 Å². The lowest BCUT2D eigenvalue weighted by atomic mass is 9.98. The summed E-state index contributed by atoms with van der Waals surface area (Å²) in [6.07, 6.45) is 2.05. The highest BCUT2D eigenvalue weighted by Gasteiger charge is 2.25. The van der Waals surface area contributed by atoms with Crippen LogP contribution >= 0.6 is 0 Å². The van der Waals surface area contributed by atoms with Gasteiger partial charge in [0.25, 0.3) is 0 Å². The Morgan fingerprint density at radius 1 is 1.10 bits per heavy atom. The van der Waals surface area contributed by atoms with E-state index in [1.165, 1.54) is 19.2 Å². The number of para-hydroxylation sites is 1. The fraction of sp³-hybridized carbons (Fsp3) is 0.409. The van der Waals surface area contributed by atoms with Crippen molar-refractivity contribution in [3.05, 3.63) is 54.6 Å². The summed E-state index contributed by atoms with van der Waals surface area (Å²) in [5.41, 5.74) is 0. The first-order chi connectivity index (χ1) is 14.5. The predicted molar refractivity (Wildman–Crippen MR) is 114 cm³/mol. The van der Waals surface area contributed by atoms with E-state index in [4.69, 9.17) is 9.47 Å². The van der Waals surface area contributed by atoms with Gasteiger partial charge >= 0.3 is 0 Å². The number of rotatable bonds is 9. The van der Waals surface area contributed by atoms with Crippen LogP contribution in [0.1, 0.15) is 19.3 Å². The lowest BCUT2D eigenvalue weighted by molar-refractivity contribution is -0.133. The van der Waals surface area contributed by atoms with Crippen molar-refractivity contribution < 1.29 is 22.7 Å². The summed E-state index contributed by atoms with van der Waals surface area (Å²) in [7, 11) is -2.06. The number of carbonyl (C=O) groups excluding carboxylic acids is 1. The molecule has 8 heteroatoms. The molecule has 0 saturated carbocycles. The molecule has 2 aromatic rings. The van der Waals surface area contributed by atoms with Crippen molar-refractivity contribution in [1.29, 1.82) is 0 Å². The third-order valence-corrected chi connectivity index (χ3v) is 6.57. The summed E-state index contributed by atoms with van der Waals surface area (Å²) in [4.78, 5) is 14.5. The number of sulfonamides is 1. The highest BCUT2D eigenvalue weighted by molar-refractivity contribution is 7.89. The molecule has 0 unspecified atom stereocenters. The standard InChI is InChI=1S/C22H28N2O5S/c1-28-19-9-11-21(12-10-19)30(26,27)23-16-18-6-5-14-24(17-18)22(25)13-15-29-20-7-3-2-4-8-20/h2-4,7-12,18,23H,5-6,13-17H2,1H3/t18-/m1/s1. The third kappa shape index (κ3) is 6.21. The van der Waals surface area contributed by atoms with E-state index >= 15 is 0 Å². The zero-order chi connectivity index (χ0) is 21.4. The molecular formula is C22H28N2O5S. The molecule has 1 amide bonds. The molecule has 162 valence electrons. The normalized spacial score (nSPS) is 16.8. The number of ether oxygens (including phenoxy) is 2. The van der Waals surface area contributed by atoms with E-state index in [0.29, 0.717) is 38.4 Å². The number of methoxy groups -OCH3 is 1. The zero-order valence-electron chi connectivity index (χ0n) is 17.1. The minimum atomic E-state index is -3.60. The average molecular weight is 433 g/mol. The lowest BCUT2D eigenvalue weighted by Gasteiger charge is -2.33. The van der Waals surface area contributed by atoms with E-state index in [1.807, 2.05) is 35.2 Å². The van der Waals surface area contributed by atoms with Gasteiger partial charge in [0.2, 0.25) is 15.9 Å². The summed E-state index contributed by atoms with van der Waals surface area (Å²) in [6, 6.07) is 15.7. The van der Waals surface area contributed by atoms with Gasteiger partial charge < -0.3 is 14.4 Å². The monoisotopic (exact) mass is 432 g/mol. The minimum absolute atomic E-state index is 0.0358. The Balaban J connectivity index is 1.46. The van der Waals surface area contributed by atoms with Crippen LogP contribution in [0.25, 0.3) is 0 Å². The SMILES string of the molecule is COc1ccc(S(=O)(=O)NC[C@H]2CCCN(C(=O)CCOc3ccccc3)C2)cc1. The number of piperidine rings is 1. The van der Waals surface area contributed by atoms with Gasteiger partial charge in [0, 0.05) is 19.6 Å². The van der Waals surface area contributed by atoms with Crippen molar-refractivity contribution in [2.24, 2.45) is 5.92 Å². The van der Waals surface area contributed by atoms with E-state index in [9.17, 15) is 13.2 Å². The molecule has 2 aromatic carbocycles. The van der Waals surface area contributed by atoms with Crippen LogP contribution in [0.3, 0.4) is 0 Å². The van der Waals surface area contributed by atoms with Gasteiger partial charge in [-0.05, 0) is 55.2 Å². The van der Waals surface area contributed by atoms with Crippen molar-refractivity contribution >= 4 is 15.9 Å². The number of likely N-dealkylation sites (tertiary alicyclic amines) is 1. The van der Waals surface area contributed by atoms with Gasteiger partial charge in [0.1, 0.15) is 11.5 Å². The highest BCUT2D eigenvalue weighted by Crippen LogP contribution is 2.19. The van der Waals surface area contributed by atoms with E-state index in [-0.39, 0.29) is 16.7 Å². The van der Waals surface area contributed by atoms with Crippen LogP contribution in [0, 0.1) is 5.92 Å². The number of hydrogen-bond donors (Lipinski definition) is 1. The summed E-state index contributed by atoms with van der Waals surface area (Å²) in [5.74, 6) is 1.47. The lowest BCUT2D eigenvalue weighted by Crippen LogP contribution is -2.44. The molecule has 1 heterocycles. The van der Waals surface area contributed by atoms with Gasteiger partial charge in [-0.3, -0.25) is 4.79 Å². The first kappa shape index (κ1) is 22.1. The average Bonchev–Trinajstić information content (AvgIpc) is 2.78. The first-order valence-electron chi connectivity index (χ1n) is 10.1. The van der Waals surface area contributed by atoms with Crippen molar-refractivity contribution in [2.45, 2.75) is 24.2 Å². The fourth-order valence-electron chi connectivity index (χ4n) is 3.45. The second-order valence-electron chi connectivity index (χ2n) is 7.29.